The number of nitrogens with zero attached hydrogens (tertiary/aromatic N) is 2. The molecule has 2 heterocycles. The van der Waals surface area contributed by atoms with E-state index in [0.29, 0.717) is 5.02 Å². The van der Waals surface area contributed by atoms with Gasteiger partial charge >= 0.3 is 0 Å². The molecule has 0 spiro atoms. The van der Waals surface area contributed by atoms with E-state index >= 15 is 0 Å². The molecule has 0 aliphatic carbocycles. The second kappa shape index (κ2) is 3.01. The number of hydrogen-bond donors (Lipinski definition) is 1. The fraction of sp³-hybridized carbons (Fsp3) is 0.222. The molecule has 0 saturated heterocycles. The van der Waals surface area contributed by atoms with Gasteiger partial charge in [0.05, 0.1) is 23.0 Å². The number of rotatable bonds is 1. The molecule has 0 bridgehead atoms. The topological polar surface area (TPSA) is 37.5 Å². The van der Waals surface area contributed by atoms with Crippen LogP contribution in [0.15, 0.2) is 18.3 Å². The Bertz CT molecular complexity index is 450. The maximum atomic E-state index is 9.09. The van der Waals surface area contributed by atoms with Crippen LogP contribution in [0.3, 0.4) is 0 Å². The summed E-state index contributed by atoms with van der Waals surface area (Å²) in [4.78, 5) is 4.27. The highest BCUT2D eigenvalue weighted by atomic mass is 35.5. The summed E-state index contributed by atoms with van der Waals surface area (Å²) in [6.45, 7) is 1.85. The van der Waals surface area contributed by atoms with E-state index in [1.807, 2.05) is 13.0 Å². The summed E-state index contributed by atoms with van der Waals surface area (Å²) in [5, 5.41) is 9.73. The standard InChI is InChI=1S/C9H9ClN2O/c1-6-8(5-13)12-4-7(10)2-3-9(12)11-6/h2-4,13H,5H2,1H3. The van der Waals surface area contributed by atoms with Gasteiger partial charge in [0.2, 0.25) is 0 Å². The van der Waals surface area contributed by atoms with Crippen molar-refractivity contribution >= 4 is 17.2 Å². The number of halogens is 1. The summed E-state index contributed by atoms with van der Waals surface area (Å²) in [5.41, 5.74) is 2.44. The summed E-state index contributed by atoms with van der Waals surface area (Å²) in [5.74, 6) is 0. The molecule has 2 rings (SSSR count). The Morgan fingerprint density at radius 3 is 3.00 bits per heavy atom. The van der Waals surface area contributed by atoms with E-state index in [0.717, 1.165) is 17.0 Å². The molecular formula is C9H9ClN2O. The minimum Gasteiger partial charge on any atom is -0.390 e. The van der Waals surface area contributed by atoms with Gasteiger partial charge in [-0.2, -0.15) is 0 Å². The van der Waals surface area contributed by atoms with Gasteiger partial charge in [-0.15, -0.1) is 0 Å². The van der Waals surface area contributed by atoms with Crippen molar-refractivity contribution in [3.05, 3.63) is 34.7 Å². The summed E-state index contributed by atoms with van der Waals surface area (Å²) >= 11 is 5.83. The van der Waals surface area contributed by atoms with Crippen molar-refractivity contribution in [2.45, 2.75) is 13.5 Å². The lowest BCUT2D eigenvalue weighted by molar-refractivity contribution is 0.275. The van der Waals surface area contributed by atoms with Gasteiger partial charge in [-0.05, 0) is 19.1 Å². The van der Waals surface area contributed by atoms with Crippen molar-refractivity contribution in [2.75, 3.05) is 0 Å². The normalized spacial score (nSPS) is 11.0. The lowest BCUT2D eigenvalue weighted by atomic mass is 10.3. The fourth-order valence-electron chi connectivity index (χ4n) is 1.38. The molecule has 0 aromatic carbocycles. The predicted octanol–water partition coefficient (Wildman–Crippen LogP) is 1.79. The van der Waals surface area contributed by atoms with Crippen LogP contribution in [0.5, 0.6) is 0 Å². The summed E-state index contributed by atoms with van der Waals surface area (Å²) in [6.07, 6.45) is 1.75. The van der Waals surface area contributed by atoms with Crippen LogP contribution in [0.25, 0.3) is 5.65 Å². The maximum Gasteiger partial charge on any atom is 0.137 e. The molecule has 2 aromatic rings. The average molecular weight is 197 g/mol. The molecule has 0 unspecified atom stereocenters. The van der Waals surface area contributed by atoms with E-state index < -0.39 is 0 Å². The zero-order valence-electron chi connectivity index (χ0n) is 7.16. The van der Waals surface area contributed by atoms with Crippen LogP contribution in [-0.4, -0.2) is 14.5 Å². The minimum atomic E-state index is -0.0205. The third kappa shape index (κ3) is 1.30. The van der Waals surface area contributed by atoms with Crippen molar-refractivity contribution in [1.29, 1.82) is 0 Å². The van der Waals surface area contributed by atoms with Gasteiger partial charge in [-0.25, -0.2) is 4.98 Å². The van der Waals surface area contributed by atoms with Crippen LogP contribution >= 0.6 is 11.6 Å². The molecule has 13 heavy (non-hydrogen) atoms. The summed E-state index contributed by atoms with van der Waals surface area (Å²) < 4.78 is 1.80. The van der Waals surface area contributed by atoms with Gasteiger partial charge in [-0.3, -0.25) is 4.40 Å². The third-order valence-electron chi connectivity index (χ3n) is 2.03. The van der Waals surface area contributed by atoms with Gasteiger partial charge in [0, 0.05) is 6.20 Å². The smallest absolute Gasteiger partial charge is 0.137 e. The van der Waals surface area contributed by atoms with Gasteiger partial charge < -0.3 is 5.11 Å². The number of aryl methyl sites for hydroxylation is 1. The largest absolute Gasteiger partial charge is 0.390 e. The molecule has 68 valence electrons. The van der Waals surface area contributed by atoms with Gasteiger partial charge in [0.1, 0.15) is 5.65 Å². The highest BCUT2D eigenvalue weighted by Gasteiger charge is 2.06. The molecular weight excluding hydrogens is 188 g/mol. The van der Waals surface area contributed by atoms with Crippen LogP contribution in [-0.2, 0) is 6.61 Å². The van der Waals surface area contributed by atoms with Gasteiger partial charge in [-0.1, -0.05) is 11.6 Å². The maximum absolute atomic E-state index is 9.09. The Kier molecular flexibility index (Phi) is 1.98. The molecule has 0 radical (unpaired) electrons. The molecule has 1 N–H and O–H groups in total. The minimum absolute atomic E-state index is 0.0205. The Morgan fingerprint density at radius 1 is 1.54 bits per heavy atom. The van der Waals surface area contributed by atoms with E-state index in [1.54, 1.807) is 16.7 Å². The molecule has 0 atom stereocenters. The van der Waals surface area contributed by atoms with Crippen molar-refractivity contribution in [1.82, 2.24) is 9.38 Å². The molecule has 0 aliphatic heterocycles. The SMILES string of the molecule is Cc1nc2ccc(Cl)cn2c1CO. The molecule has 3 nitrogen and oxygen atoms in total. The second-order valence-electron chi connectivity index (χ2n) is 2.88. The van der Waals surface area contributed by atoms with Crippen LogP contribution in [0.4, 0.5) is 0 Å². The van der Waals surface area contributed by atoms with E-state index in [1.165, 1.54) is 0 Å². The molecule has 0 saturated carbocycles. The second-order valence-corrected chi connectivity index (χ2v) is 3.31. The van der Waals surface area contributed by atoms with E-state index in [9.17, 15) is 0 Å². The number of aromatic nitrogens is 2. The number of hydrogen-bond acceptors (Lipinski definition) is 2. The van der Waals surface area contributed by atoms with Crippen LogP contribution in [0, 0.1) is 6.92 Å². The quantitative estimate of drug-likeness (QED) is 0.755. The molecule has 0 aliphatic rings. The predicted molar refractivity (Wildman–Crippen MR) is 50.9 cm³/mol. The van der Waals surface area contributed by atoms with Crippen molar-refractivity contribution in [3.63, 3.8) is 0 Å². The monoisotopic (exact) mass is 196 g/mol. The summed E-state index contributed by atoms with van der Waals surface area (Å²) in [6, 6.07) is 3.61. The zero-order valence-corrected chi connectivity index (χ0v) is 7.91. The van der Waals surface area contributed by atoms with Crippen molar-refractivity contribution in [3.8, 4) is 0 Å². The third-order valence-corrected chi connectivity index (χ3v) is 2.25. The van der Waals surface area contributed by atoms with E-state index in [2.05, 4.69) is 4.98 Å². The first-order valence-corrected chi connectivity index (χ1v) is 4.34. The lowest BCUT2D eigenvalue weighted by Gasteiger charge is -1.98. The Balaban J connectivity index is 2.80. The molecule has 2 aromatic heterocycles. The number of aliphatic hydroxyl groups excluding tert-OH is 1. The lowest BCUT2D eigenvalue weighted by Crippen LogP contribution is -1.93. The van der Waals surface area contributed by atoms with Gasteiger partial charge in [0.15, 0.2) is 0 Å². The molecule has 0 amide bonds. The Morgan fingerprint density at radius 2 is 2.31 bits per heavy atom. The first-order valence-electron chi connectivity index (χ1n) is 3.96. The number of imidazole rings is 1. The zero-order chi connectivity index (χ0) is 9.42. The summed E-state index contributed by atoms with van der Waals surface area (Å²) in [7, 11) is 0. The molecule has 0 fully saturated rings. The van der Waals surface area contributed by atoms with Crippen molar-refractivity contribution in [2.24, 2.45) is 0 Å². The number of aliphatic hydroxyl groups is 1. The Hall–Kier alpha value is -1.06. The molecule has 4 heteroatoms. The first kappa shape index (κ1) is 8.53. The highest BCUT2D eigenvalue weighted by Crippen LogP contribution is 2.15. The fourth-order valence-corrected chi connectivity index (χ4v) is 1.54. The van der Waals surface area contributed by atoms with Crippen molar-refractivity contribution < 1.29 is 5.11 Å². The van der Waals surface area contributed by atoms with Gasteiger partial charge in [0.25, 0.3) is 0 Å². The average Bonchev–Trinajstić information content (AvgIpc) is 2.40. The number of pyridine rings is 1. The first-order chi connectivity index (χ1) is 6.22. The van der Waals surface area contributed by atoms with Crippen LogP contribution in [0.1, 0.15) is 11.4 Å². The number of fused-ring (bicyclic) bond motifs is 1. The highest BCUT2D eigenvalue weighted by molar-refractivity contribution is 6.30. The van der Waals surface area contributed by atoms with Crippen LogP contribution in [0.2, 0.25) is 5.02 Å². The Labute approximate surface area is 80.6 Å². The van der Waals surface area contributed by atoms with E-state index in [-0.39, 0.29) is 6.61 Å². The van der Waals surface area contributed by atoms with Crippen LogP contribution < -0.4 is 0 Å². The van der Waals surface area contributed by atoms with E-state index in [4.69, 9.17) is 16.7 Å².